The molecule has 2 amide bonds. The number of hydrogen-bond donors (Lipinski definition) is 3. The van der Waals surface area contributed by atoms with Crippen LogP contribution in [0.15, 0.2) is 64.3 Å². The van der Waals surface area contributed by atoms with E-state index in [9.17, 15) is 22.8 Å². The average Bonchev–Trinajstić information content (AvgIpc) is 2.74. The number of rotatable bonds is 7. The minimum Gasteiger partial charge on any atom is -0.326 e. The summed E-state index contributed by atoms with van der Waals surface area (Å²) in [6, 6.07) is 14.2. The molecule has 2 aromatic carbocycles. The maximum Gasteiger partial charge on any atom is 0.264 e. The Kier molecular flexibility index (Phi) is 6.84. The second-order valence-corrected chi connectivity index (χ2v) is 9.24. The van der Waals surface area contributed by atoms with Gasteiger partial charge in [-0.15, -0.1) is 0 Å². The van der Waals surface area contributed by atoms with Crippen molar-refractivity contribution in [3.63, 3.8) is 0 Å². The molecule has 32 heavy (non-hydrogen) atoms. The zero-order chi connectivity index (χ0) is 23.3. The summed E-state index contributed by atoms with van der Waals surface area (Å²) >= 11 is 0. The molecule has 9 nitrogen and oxygen atoms in total. The average molecular weight is 455 g/mol. The molecule has 0 aliphatic rings. The lowest BCUT2D eigenvalue weighted by Gasteiger charge is -2.11. The van der Waals surface area contributed by atoms with Gasteiger partial charge in [-0.05, 0) is 48.9 Å². The number of sulfone groups is 1. The number of aromatic amines is 1. The first-order chi connectivity index (χ1) is 15.1. The van der Waals surface area contributed by atoms with Gasteiger partial charge in [0.25, 0.3) is 5.56 Å². The molecule has 1 heterocycles. The molecular formula is C22H22N4O5S. The SMILES string of the molecule is CC(=O)Nc1ccc(NC(=O)CCS(=O)(=O)c2cc(-c3ccc(=O)[nH]n3)ccc2C)cc1. The number of aromatic nitrogens is 2. The van der Waals surface area contributed by atoms with Crippen LogP contribution in [-0.2, 0) is 19.4 Å². The number of aryl methyl sites for hydroxylation is 1. The van der Waals surface area contributed by atoms with Gasteiger partial charge in [0, 0.05) is 36.3 Å². The highest BCUT2D eigenvalue weighted by atomic mass is 32.2. The van der Waals surface area contributed by atoms with E-state index in [2.05, 4.69) is 20.8 Å². The Hall–Kier alpha value is -3.79. The smallest absolute Gasteiger partial charge is 0.264 e. The number of nitrogens with one attached hydrogen (secondary N) is 3. The van der Waals surface area contributed by atoms with E-state index >= 15 is 0 Å². The molecule has 0 saturated carbocycles. The molecule has 3 rings (SSSR count). The molecule has 0 atom stereocenters. The number of carbonyl (C=O) groups is 2. The summed E-state index contributed by atoms with van der Waals surface area (Å²) in [6.07, 6.45) is -0.226. The van der Waals surface area contributed by atoms with Crippen LogP contribution in [0.5, 0.6) is 0 Å². The fourth-order valence-corrected chi connectivity index (χ4v) is 4.54. The fourth-order valence-electron chi connectivity index (χ4n) is 3.00. The van der Waals surface area contributed by atoms with Crippen LogP contribution >= 0.6 is 0 Å². The van der Waals surface area contributed by atoms with Crippen LogP contribution in [0.3, 0.4) is 0 Å². The van der Waals surface area contributed by atoms with E-state index in [0.717, 1.165) is 0 Å². The molecule has 0 bridgehead atoms. The molecule has 0 saturated heterocycles. The molecule has 0 aliphatic heterocycles. The topological polar surface area (TPSA) is 138 Å². The molecule has 0 radical (unpaired) electrons. The number of H-pyrrole nitrogens is 1. The number of hydrogen-bond acceptors (Lipinski definition) is 6. The predicted octanol–water partition coefficient (Wildman–Crippen LogP) is 2.51. The van der Waals surface area contributed by atoms with Gasteiger partial charge in [0.15, 0.2) is 9.84 Å². The first kappa shape index (κ1) is 22.9. The second kappa shape index (κ2) is 9.56. The van der Waals surface area contributed by atoms with Crippen LogP contribution in [0.1, 0.15) is 18.9 Å². The van der Waals surface area contributed by atoms with Crippen molar-refractivity contribution in [2.24, 2.45) is 0 Å². The summed E-state index contributed by atoms with van der Waals surface area (Å²) in [6.45, 7) is 3.07. The van der Waals surface area contributed by atoms with Crippen molar-refractivity contribution in [3.8, 4) is 11.3 Å². The Bertz CT molecular complexity index is 1290. The van der Waals surface area contributed by atoms with Gasteiger partial charge in [-0.2, -0.15) is 5.10 Å². The van der Waals surface area contributed by atoms with E-state index in [1.807, 2.05) is 0 Å². The molecule has 3 aromatic rings. The fraction of sp³-hybridized carbons (Fsp3) is 0.182. The van der Waals surface area contributed by atoms with Crippen LogP contribution in [0.2, 0.25) is 0 Å². The molecule has 0 spiro atoms. The van der Waals surface area contributed by atoms with Crippen molar-refractivity contribution in [1.82, 2.24) is 10.2 Å². The summed E-state index contributed by atoms with van der Waals surface area (Å²) in [5.41, 5.74) is 2.24. The summed E-state index contributed by atoms with van der Waals surface area (Å²) < 4.78 is 25.8. The van der Waals surface area contributed by atoms with Crippen LogP contribution < -0.4 is 16.2 Å². The molecule has 0 fully saturated rings. The number of amides is 2. The van der Waals surface area contributed by atoms with Crippen molar-refractivity contribution in [3.05, 3.63) is 70.5 Å². The zero-order valence-electron chi connectivity index (χ0n) is 17.5. The monoisotopic (exact) mass is 454 g/mol. The van der Waals surface area contributed by atoms with E-state index < -0.39 is 15.7 Å². The Morgan fingerprint density at radius 3 is 2.22 bits per heavy atom. The van der Waals surface area contributed by atoms with Gasteiger partial charge in [-0.3, -0.25) is 14.4 Å². The maximum absolute atomic E-state index is 12.9. The molecule has 3 N–H and O–H groups in total. The van der Waals surface area contributed by atoms with Crippen LogP contribution in [-0.4, -0.2) is 36.2 Å². The highest BCUT2D eigenvalue weighted by Gasteiger charge is 2.20. The van der Waals surface area contributed by atoms with Crippen molar-refractivity contribution < 1.29 is 18.0 Å². The number of benzene rings is 2. The number of carbonyl (C=O) groups excluding carboxylic acids is 2. The van der Waals surface area contributed by atoms with Gasteiger partial charge in [0.1, 0.15) is 0 Å². The summed E-state index contributed by atoms with van der Waals surface area (Å²) in [4.78, 5) is 34.6. The summed E-state index contributed by atoms with van der Waals surface area (Å²) in [5.74, 6) is -1.02. The van der Waals surface area contributed by atoms with Gasteiger partial charge >= 0.3 is 0 Å². The van der Waals surface area contributed by atoms with E-state index in [4.69, 9.17) is 0 Å². The van der Waals surface area contributed by atoms with Crippen molar-refractivity contribution in [1.29, 1.82) is 0 Å². The minimum absolute atomic E-state index is 0.107. The Morgan fingerprint density at radius 2 is 1.62 bits per heavy atom. The highest BCUT2D eigenvalue weighted by Crippen LogP contribution is 2.24. The quantitative estimate of drug-likeness (QED) is 0.501. The van der Waals surface area contributed by atoms with E-state index in [-0.39, 0.29) is 28.5 Å². The lowest BCUT2D eigenvalue weighted by molar-refractivity contribution is -0.116. The van der Waals surface area contributed by atoms with Crippen LogP contribution in [0, 0.1) is 6.92 Å². The third-order valence-corrected chi connectivity index (χ3v) is 6.44. The van der Waals surface area contributed by atoms with Crippen molar-refractivity contribution in [2.75, 3.05) is 16.4 Å². The molecule has 0 aliphatic carbocycles. The summed E-state index contributed by atoms with van der Waals surface area (Å²) in [5, 5.41) is 11.5. The Labute approximate surface area is 184 Å². The third-order valence-electron chi connectivity index (χ3n) is 4.58. The first-order valence-electron chi connectivity index (χ1n) is 9.71. The van der Waals surface area contributed by atoms with Gasteiger partial charge in [0.2, 0.25) is 11.8 Å². The lowest BCUT2D eigenvalue weighted by Crippen LogP contribution is -2.18. The second-order valence-electron chi connectivity index (χ2n) is 7.16. The van der Waals surface area contributed by atoms with Gasteiger partial charge < -0.3 is 10.6 Å². The van der Waals surface area contributed by atoms with Crippen molar-refractivity contribution >= 4 is 33.0 Å². The van der Waals surface area contributed by atoms with E-state index in [0.29, 0.717) is 28.2 Å². The van der Waals surface area contributed by atoms with E-state index in [1.165, 1.54) is 25.1 Å². The molecular weight excluding hydrogens is 432 g/mol. The molecule has 10 heteroatoms. The van der Waals surface area contributed by atoms with Gasteiger partial charge in [-0.1, -0.05) is 12.1 Å². The standard InChI is InChI=1S/C22H22N4O5S/c1-14-3-4-16(19-9-10-22(29)26-25-19)13-20(14)32(30,31)12-11-21(28)24-18-7-5-17(6-8-18)23-15(2)27/h3-10,13H,11-12H2,1-2H3,(H,23,27)(H,24,28)(H,26,29). The van der Waals surface area contributed by atoms with Crippen LogP contribution in [0.25, 0.3) is 11.3 Å². The highest BCUT2D eigenvalue weighted by molar-refractivity contribution is 7.91. The predicted molar refractivity (Wildman–Crippen MR) is 121 cm³/mol. The normalized spacial score (nSPS) is 11.1. The van der Waals surface area contributed by atoms with Crippen LogP contribution in [0.4, 0.5) is 11.4 Å². The van der Waals surface area contributed by atoms with Crippen molar-refractivity contribution in [2.45, 2.75) is 25.2 Å². The summed E-state index contributed by atoms with van der Waals surface area (Å²) in [7, 11) is -3.75. The van der Waals surface area contributed by atoms with Gasteiger partial charge in [-0.25, -0.2) is 13.5 Å². The largest absolute Gasteiger partial charge is 0.326 e. The number of nitrogens with zero attached hydrogens (tertiary/aromatic N) is 1. The number of anilines is 2. The molecule has 0 unspecified atom stereocenters. The van der Waals surface area contributed by atoms with Gasteiger partial charge in [0.05, 0.1) is 16.3 Å². The molecule has 1 aromatic heterocycles. The third kappa shape index (κ3) is 5.88. The zero-order valence-corrected chi connectivity index (χ0v) is 18.3. The Morgan fingerprint density at radius 1 is 0.969 bits per heavy atom. The molecule has 166 valence electrons. The maximum atomic E-state index is 12.9. The van der Waals surface area contributed by atoms with E-state index in [1.54, 1.807) is 43.3 Å². The lowest BCUT2D eigenvalue weighted by atomic mass is 10.1. The first-order valence-corrected chi connectivity index (χ1v) is 11.4. The Balaban J connectivity index is 1.68. The minimum atomic E-state index is -3.75.